The summed E-state index contributed by atoms with van der Waals surface area (Å²) in [4.78, 5) is 0. The van der Waals surface area contributed by atoms with E-state index in [-0.39, 0.29) is 13.2 Å². The van der Waals surface area contributed by atoms with Gasteiger partial charge in [-0.2, -0.15) is 0 Å². The Morgan fingerprint density at radius 3 is 2.45 bits per heavy atom. The van der Waals surface area contributed by atoms with E-state index in [0.29, 0.717) is 6.61 Å². The molecule has 0 fully saturated rings. The van der Waals surface area contributed by atoms with Crippen molar-refractivity contribution in [3.8, 4) is 0 Å². The third-order valence-corrected chi connectivity index (χ3v) is 1.15. The molecule has 3 heteroatoms. The Hall–Kier alpha value is -0.120. The van der Waals surface area contributed by atoms with E-state index in [1.54, 1.807) is 13.8 Å². The summed E-state index contributed by atoms with van der Waals surface area (Å²) in [6.45, 7) is 4.22. The lowest BCUT2D eigenvalue weighted by molar-refractivity contribution is -0.0666. The molecule has 0 aromatic rings. The number of rotatable bonds is 6. The summed E-state index contributed by atoms with van der Waals surface area (Å²) < 4.78 is 5.08. The van der Waals surface area contributed by atoms with Crippen LogP contribution in [0.5, 0.6) is 0 Å². The molecule has 0 spiro atoms. The minimum atomic E-state index is -0.987. The third kappa shape index (κ3) is 9.88. The Bertz CT molecular complexity index is 85.8. The zero-order chi connectivity index (χ0) is 8.74. The van der Waals surface area contributed by atoms with Crippen molar-refractivity contribution in [3.05, 3.63) is 0 Å². The van der Waals surface area contributed by atoms with Crippen LogP contribution in [-0.2, 0) is 9.84 Å². The lowest BCUT2D eigenvalue weighted by Crippen LogP contribution is -2.24. The largest absolute Gasteiger partial charge is 0.396 e. The standard InChI is InChI=1S/C8H17O3/c1-8(2,10)7-11-6-4-3-5-9/h9H,3-7H2,1-2H3. The molecule has 0 aromatic carbocycles. The quantitative estimate of drug-likeness (QED) is 0.590. The maximum Gasteiger partial charge on any atom is 0.121 e. The van der Waals surface area contributed by atoms with Crippen molar-refractivity contribution in [2.45, 2.75) is 32.3 Å². The second-order valence-corrected chi connectivity index (χ2v) is 3.24. The van der Waals surface area contributed by atoms with E-state index in [2.05, 4.69) is 0 Å². The highest BCUT2D eigenvalue weighted by molar-refractivity contribution is 4.61. The molecule has 1 radical (unpaired) electrons. The molecule has 3 nitrogen and oxygen atoms in total. The highest BCUT2D eigenvalue weighted by atomic mass is 16.5. The van der Waals surface area contributed by atoms with Crippen molar-refractivity contribution in [2.75, 3.05) is 19.8 Å². The summed E-state index contributed by atoms with van der Waals surface area (Å²) in [5.41, 5.74) is -0.987. The van der Waals surface area contributed by atoms with Crippen LogP contribution in [0.2, 0.25) is 0 Å². The van der Waals surface area contributed by atoms with Crippen molar-refractivity contribution in [1.29, 1.82) is 0 Å². The molecule has 0 atom stereocenters. The first kappa shape index (κ1) is 10.9. The van der Waals surface area contributed by atoms with Crippen LogP contribution in [0.4, 0.5) is 0 Å². The van der Waals surface area contributed by atoms with E-state index in [0.717, 1.165) is 12.8 Å². The van der Waals surface area contributed by atoms with E-state index in [1.807, 2.05) is 0 Å². The molecule has 0 bridgehead atoms. The number of hydrogen-bond acceptors (Lipinski definition) is 2. The van der Waals surface area contributed by atoms with Crippen LogP contribution in [0, 0.1) is 0 Å². The molecule has 0 amide bonds. The molecule has 0 aliphatic heterocycles. The summed E-state index contributed by atoms with van der Waals surface area (Å²) in [6, 6.07) is 0. The van der Waals surface area contributed by atoms with Crippen molar-refractivity contribution in [2.24, 2.45) is 0 Å². The molecule has 11 heavy (non-hydrogen) atoms. The fourth-order valence-corrected chi connectivity index (χ4v) is 0.634. The van der Waals surface area contributed by atoms with Gasteiger partial charge in [-0.3, -0.25) is 0 Å². The number of ether oxygens (including phenoxy) is 1. The van der Waals surface area contributed by atoms with Gasteiger partial charge in [0.2, 0.25) is 0 Å². The van der Waals surface area contributed by atoms with Crippen LogP contribution in [-0.4, -0.2) is 30.5 Å². The zero-order valence-electron chi connectivity index (χ0n) is 7.30. The minimum absolute atomic E-state index is 0.199. The van der Waals surface area contributed by atoms with Gasteiger partial charge in [0.1, 0.15) is 5.60 Å². The Morgan fingerprint density at radius 2 is 2.00 bits per heavy atom. The normalized spacial score (nSPS) is 12.0. The molecule has 67 valence electrons. The van der Waals surface area contributed by atoms with Gasteiger partial charge in [-0.25, -0.2) is 5.11 Å². The smallest absolute Gasteiger partial charge is 0.121 e. The predicted octanol–water partition coefficient (Wildman–Crippen LogP) is 0.985. The third-order valence-electron chi connectivity index (χ3n) is 1.15. The highest BCUT2D eigenvalue weighted by Crippen LogP contribution is 2.02. The van der Waals surface area contributed by atoms with Gasteiger partial charge < -0.3 is 9.84 Å². The van der Waals surface area contributed by atoms with Gasteiger partial charge in [0.15, 0.2) is 0 Å². The molecular weight excluding hydrogens is 144 g/mol. The Morgan fingerprint density at radius 1 is 1.36 bits per heavy atom. The van der Waals surface area contributed by atoms with Gasteiger partial charge in [0, 0.05) is 13.2 Å². The number of hydrogen-bond donors (Lipinski definition) is 1. The Kier molecular flexibility index (Phi) is 5.46. The molecule has 1 N–H and O–H groups in total. The van der Waals surface area contributed by atoms with Crippen LogP contribution < -0.4 is 0 Å². The molecule has 0 unspecified atom stereocenters. The predicted molar refractivity (Wildman–Crippen MR) is 41.9 cm³/mol. The fraction of sp³-hybridized carbons (Fsp3) is 1.00. The molecule has 0 aliphatic rings. The van der Waals surface area contributed by atoms with Crippen molar-refractivity contribution >= 4 is 0 Å². The van der Waals surface area contributed by atoms with Gasteiger partial charge in [0.25, 0.3) is 0 Å². The summed E-state index contributed by atoms with van der Waals surface area (Å²) in [5, 5.41) is 19.4. The molecule has 0 saturated heterocycles. The highest BCUT2D eigenvalue weighted by Gasteiger charge is 2.14. The van der Waals surface area contributed by atoms with E-state index in [9.17, 15) is 5.11 Å². The van der Waals surface area contributed by atoms with Gasteiger partial charge in [-0.05, 0) is 26.7 Å². The molecule has 0 saturated carbocycles. The Labute approximate surface area is 68.0 Å². The topological polar surface area (TPSA) is 49.4 Å². The lowest BCUT2D eigenvalue weighted by atomic mass is 10.2. The lowest BCUT2D eigenvalue weighted by Gasteiger charge is -2.13. The zero-order valence-corrected chi connectivity index (χ0v) is 7.30. The van der Waals surface area contributed by atoms with Gasteiger partial charge in [-0.15, -0.1) is 0 Å². The first-order valence-electron chi connectivity index (χ1n) is 3.95. The second-order valence-electron chi connectivity index (χ2n) is 3.24. The maximum atomic E-state index is 11.0. The first-order chi connectivity index (χ1) is 5.06. The SMILES string of the molecule is CC(C)([O])COCCCCO. The van der Waals surface area contributed by atoms with Crippen LogP contribution in [0.25, 0.3) is 0 Å². The van der Waals surface area contributed by atoms with Crippen LogP contribution in [0.15, 0.2) is 0 Å². The summed E-state index contributed by atoms with van der Waals surface area (Å²) in [6.07, 6.45) is 1.58. The second kappa shape index (κ2) is 5.52. The van der Waals surface area contributed by atoms with Crippen molar-refractivity contribution in [1.82, 2.24) is 0 Å². The minimum Gasteiger partial charge on any atom is -0.396 e. The summed E-state index contributed by atoms with van der Waals surface area (Å²) >= 11 is 0. The Balaban J connectivity index is 3.02. The summed E-state index contributed by atoms with van der Waals surface area (Å²) in [7, 11) is 0. The summed E-state index contributed by atoms with van der Waals surface area (Å²) in [5.74, 6) is 0. The van der Waals surface area contributed by atoms with Crippen LogP contribution >= 0.6 is 0 Å². The number of aliphatic hydroxyl groups excluding tert-OH is 1. The number of aliphatic hydroxyl groups is 1. The van der Waals surface area contributed by atoms with Gasteiger partial charge in [-0.1, -0.05) is 0 Å². The van der Waals surface area contributed by atoms with Gasteiger partial charge >= 0.3 is 0 Å². The van der Waals surface area contributed by atoms with Crippen LogP contribution in [0.1, 0.15) is 26.7 Å². The molecule has 0 heterocycles. The molecule has 0 aromatic heterocycles. The molecule has 0 rings (SSSR count). The molecular formula is C8H17O3. The van der Waals surface area contributed by atoms with E-state index in [4.69, 9.17) is 9.84 Å². The van der Waals surface area contributed by atoms with E-state index < -0.39 is 5.60 Å². The van der Waals surface area contributed by atoms with E-state index in [1.165, 1.54) is 0 Å². The molecule has 0 aliphatic carbocycles. The number of unbranched alkanes of at least 4 members (excludes halogenated alkanes) is 1. The van der Waals surface area contributed by atoms with Crippen molar-refractivity contribution < 1.29 is 14.9 Å². The van der Waals surface area contributed by atoms with Gasteiger partial charge in [0.05, 0.1) is 6.61 Å². The first-order valence-corrected chi connectivity index (χ1v) is 3.95. The monoisotopic (exact) mass is 161 g/mol. The fourth-order valence-electron chi connectivity index (χ4n) is 0.634. The average Bonchev–Trinajstić information content (AvgIpc) is 1.85. The van der Waals surface area contributed by atoms with Crippen LogP contribution in [0.3, 0.4) is 0 Å². The van der Waals surface area contributed by atoms with E-state index >= 15 is 0 Å². The maximum absolute atomic E-state index is 11.0. The average molecular weight is 161 g/mol. The van der Waals surface area contributed by atoms with Crippen molar-refractivity contribution in [3.63, 3.8) is 0 Å².